The lowest BCUT2D eigenvalue weighted by Gasteiger charge is -2.05. The Morgan fingerprint density at radius 2 is 2.33 bits per heavy atom. The monoisotopic (exact) mass is 188 g/mol. The summed E-state index contributed by atoms with van der Waals surface area (Å²) >= 11 is 0. The molecule has 0 aromatic rings. The van der Waals surface area contributed by atoms with E-state index < -0.39 is 10.8 Å². The average molecular weight is 188 g/mol. The molecule has 1 rings (SSSR count). The minimum absolute atomic E-state index is 0.108. The van der Waals surface area contributed by atoms with E-state index in [-0.39, 0.29) is 6.04 Å². The molecule has 0 amide bonds. The van der Waals surface area contributed by atoms with Crippen molar-refractivity contribution >= 4 is 16.6 Å². The summed E-state index contributed by atoms with van der Waals surface area (Å²) in [5.74, 6) is 1.90. The summed E-state index contributed by atoms with van der Waals surface area (Å²) < 4.78 is 10.8. The van der Waals surface area contributed by atoms with Crippen molar-refractivity contribution in [3.8, 4) is 0 Å². The van der Waals surface area contributed by atoms with Gasteiger partial charge in [-0.15, -0.1) is 0 Å². The molecule has 0 radical (unpaired) electrons. The second-order valence-electron chi connectivity index (χ2n) is 3.42. The van der Waals surface area contributed by atoms with E-state index in [2.05, 4.69) is 4.99 Å². The highest BCUT2D eigenvalue weighted by molar-refractivity contribution is 7.84. The molecule has 3 nitrogen and oxygen atoms in total. The summed E-state index contributed by atoms with van der Waals surface area (Å²) in [5.41, 5.74) is 5.71. The van der Waals surface area contributed by atoms with E-state index in [4.69, 9.17) is 5.73 Å². The first-order chi connectivity index (χ1) is 5.59. The van der Waals surface area contributed by atoms with Crippen LogP contribution in [0, 0.1) is 5.92 Å². The highest BCUT2D eigenvalue weighted by Gasteiger charge is 2.25. The Morgan fingerprint density at radius 1 is 1.75 bits per heavy atom. The van der Waals surface area contributed by atoms with Gasteiger partial charge in [-0.3, -0.25) is 9.20 Å². The molecule has 1 aliphatic rings. The van der Waals surface area contributed by atoms with Crippen LogP contribution in [0.5, 0.6) is 0 Å². The number of rotatable bonds is 4. The van der Waals surface area contributed by atoms with Crippen LogP contribution in [0.3, 0.4) is 0 Å². The molecular formula is C8H16N2OS. The van der Waals surface area contributed by atoms with Gasteiger partial charge >= 0.3 is 0 Å². The molecule has 1 aliphatic carbocycles. The standard InChI is InChI=1S/C8H16N2OS/c1-6(5-12(2)11)10-8(9)7-3-4-7/h6-7H,3-5H2,1-2H3,(H2,9,10). The lowest BCUT2D eigenvalue weighted by atomic mass is 10.3. The first-order valence-electron chi connectivity index (χ1n) is 4.22. The Kier molecular flexibility index (Phi) is 3.26. The normalized spacial score (nSPS) is 23.7. The van der Waals surface area contributed by atoms with Gasteiger partial charge < -0.3 is 5.73 Å². The van der Waals surface area contributed by atoms with Crippen LogP contribution in [-0.2, 0) is 10.8 Å². The quantitative estimate of drug-likeness (QED) is 0.516. The molecule has 0 spiro atoms. The van der Waals surface area contributed by atoms with Crippen molar-refractivity contribution < 1.29 is 4.21 Å². The third kappa shape index (κ3) is 3.34. The van der Waals surface area contributed by atoms with Crippen molar-refractivity contribution in [2.75, 3.05) is 12.0 Å². The SMILES string of the molecule is CC(CS(C)=O)N=C(N)C1CC1. The summed E-state index contributed by atoms with van der Waals surface area (Å²) in [5, 5.41) is 0. The molecule has 0 aromatic heterocycles. The van der Waals surface area contributed by atoms with Crippen molar-refractivity contribution in [2.24, 2.45) is 16.6 Å². The Labute approximate surface area is 75.9 Å². The topological polar surface area (TPSA) is 55.5 Å². The van der Waals surface area contributed by atoms with Gasteiger partial charge in [-0.2, -0.15) is 0 Å². The van der Waals surface area contributed by atoms with Crippen molar-refractivity contribution in [1.82, 2.24) is 0 Å². The fourth-order valence-corrected chi connectivity index (χ4v) is 1.87. The van der Waals surface area contributed by atoms with Gasteiger partial charge in [0.1, 0.15) is 0 Å². The summed E-state index contributed by atoms with van der Waals surface area (Å²) in [4.78, 5) is 4.28. The fourth-order valence-electron chi connectivity index (χ4n) is 1.12. The average Bonchev–Trinajstić information content (AvgIpc) is 2.63. The molecule has 1 fully saturated rings. The van der Waals surface area contributed by atoms with Crippen molar-refractivity contribution in [2.45, 2.75) is 25.8 Å². The number of amidine groups is 1. The third-order valence-electron chi connectivity index (χ3n) is 1.84. The van der Waals surface area contributed by atoms with Crippen LogP contribution < -0.4 is 5.73 Å². The molecular weight excluding hydrogens is 172 g/mol. The first-order valence-corrected chi connectivity index (χ1v) is 5.95. The molecule has 2 atom stereocenters. The molecule has 0 aliphatic heterocycles. The second kappa shape index (κ2) is 4.03. The van der Waals surface area contributed by atoms with E-state index >= 15 is 0 Å². The van der Waals surface area contributed by atoms with Crippen molar-refractivity contribution in [3.05, 3.63) is 0 Å². The van der Waals surface area contributed by atoms with Gasteiger partial charge in [0, 0.05) is 28.7 Å². The summed E-state index contributed by atoms with van der Waals surface area (Å²) in [6.07, 6.45) is 4.05. The smallest absolute Gasteiger partial charge is 0.0972 e. The van der Waals surface area contributed by atoms with Crippen molar-refractivity contribution in [1.29, 1.82) is 0 Å². The Morgan fingerprint density at radius 3 is 2.75 bits per heavy atom. The second-order valence-corrected chi connectivity index (χ2v) is 4.90. The van der Waals surface area contributed by atoms with E-state index in [0.717, 1.165) is 5.84 Å². The van der Waals surface area contributed by atoms with Crippen LogP contribution in [-0.4, -0.2) is 28.1 Å². The zero-order valence-electron chi connectivity index (χ0n) is 7.62. The number of nitrogens with zero attached hydrogens (tertiary/aromatic N) is 1. The van der Waals surface area contributed by atoms with Gasteiger partial charge in [0.25, 0.3) is 0 Å². The van der Waals surface area contributed by atoms with Gasteiger partial charge in [0.2, 0.25) is 0 Å². The predicted octanol–water partition coefficient (Wildman–Crippen LogP) is 0.521. The van der Waals surface area contributed by atoms with Gasteiger partial charge in [0.05, 0.1) is 11.9 Å². The lowest BCUT2D eigenvalue weighted by molar-refractivity contribution is 0.680. The van der Waals surface area contributed by atoms with Gasteiger partial charge in [-0.1, -0.05) is 0 Å². The van der Waals surface area contributed by atoms with Crippen LogP contribution in [0.25, 0.3) is 0 Å². The highest BCUT2D eigenvalue weighted by Crippen LogP contribution is 2.28. The first kappa shape index (κ1) is 9.71. The van der Waals surface area contributed by atoms with Crippen LogP contribution in [0.2, 0.25) is 0 Å². The maximum Gasteiger partial charge on any atom is 0.0972 e. The molecule has 70 valence electrons. The largest absolute Gasteiger partial charge is 0.387 e. The third-order valence-corrected chi connectivity index (χ3v) is 2.79. The number of aliphatic imine (C=N–C) groups is 1. The number of hydrogen-bond donors (Lipinski definition) is 1. The molecule has 0 heterocycles. The Balaban J connectivity index is 2.36. The number of nitrogens with two attached hydrogens (primary N) is 1. The van der Waals surface area contributed by atoms with Gasteiger partial charge in [-0.25, -0.2) is 0 Å². The van der Waals surface area contributed by atoms with Crippen LogP contribution in [0.4, 0.5) is 0 Å². The highest BCUT2D eigenvalue weighted by atomic mass is 32.2. The molecule has 0 aromatic carbocycles. The van der Waals surface area contributed by atoms with E-state index in [1.54, 1.807) is 6.26 Å². The van der Waals surface area contributed by atoms with E-state index in [1.165, 1.54) is 12.8 Å². The van der Waals surface area contributed by atoms with Crippen LogP contribution in [0.1, 0.15) is 19.8 Å². The summed E-state index contributed by atoms with van der Waals surface area (Å²) in [6, 6.07) is 0.108. The zero-order chi connectivity index (χ0) is 9.14. The number of hydrogen-bond acceptors (Lipinski definition) is 2. The minimum atomic E-state index is -0.768. The Hall–Kier alpha value is -0.380. The van der Waals surface area contributed by atoms with Crippen LogP contribution in [0.15, 0.2) is 4.99 Å². The summed E-state index contributed by atoms with van der Waals surface area (Å²) in [6.45, 7) is 1.96. The van der Waals surface area contributed by atoms with E-state index in [0.29, 0.717) is 11.7 Å². The molecule has 1 saturated carbocycles. The van der Waals surface area contributed by atoms with E-state index in [1.807, 2.05) is 6.92 Å². The molecule has 4 heteroatoms. The van der Waals surface area contributed by atoms with Gasteiger partial charge in [-0.05, 0) is 19.8 Å². The molecule has 0 bridgehead atoms. The maximum absolute atomic E-state index is 10.8. The van der Waals surface area contributed by atoms with E-state index in [9.17, 15) is 4.21 Å². The van der Waals surface area contributed by atoms with Crippen LogP contribution >= 0.6 is 0 Å². The summed E-state index contributed by atoms with van der Waals surface area (Å²) in [7, 11) is -0.768. The predicted molar refractivity (Wildman–Crippen MR) is 52.7 cm³/mol. The minimum Gasteiger partial charge on any atom is -0.387 e. The lowest BCUT2D eigenvalue weighted by Crippen LogP contribution is -2.20. The fraction of sp³-hybridized carbons (Fsp3) is 0.875. The maximum atomic E-state index is 10.8. The Bertz CT molecular complexity index is 211. The zero-order valence-corrected chi connectivity index (χ0v) is 8.43. The van der Waals surface area contributed by atoms with Gasteiger partial charge in [0.15, 0.2) is 0 Å². The molecule has 2 unspecified atom stereocenters. The van der Waals surface area contributed by atoms with Crippen molar-refractivity contribution in [3.63, 3.8) is 0 Å². The molecule has 12 heavy (non-hydrogen) atoms. The molecule has 2 N–H and O–H groups in total. The molecule has 0 saturated heterocycles.